The number of piperidine rings is 1. The van der Waals surface area contributed by atoms with Gasteiger partial charge in [-0.2, -0.15) is 0 Å². The molecule has 0 bridgehead atoms. The molecular formula is C25H30N6O2. The molecular weight excluding hydrogens is 416 g/mol. The second-order valence-electron chi connectivity index (χ2n) is 9.06. The van der Waals surface area contributed by atoms with Crippen LogP contribution in [-0.2, 0) is 11.3 Å². The number of rotatable bonds is 4. The lowest BCUT2D eigenvalue weighted by atomic mass is 10.1. The summed E-state index contributed by atoms with van der Waals surface area (Å²) in [6.07, 6.45) is 6.68. The average molecular weight is 447 g/mol. The Hall–Kier alpha value is -3.29. The van der Waals surface area contributed by atoms with Gasteiger partial charge in [0.05, 0.1) is 28.3 Å². The molecule has 1 aromatic carbocycles. The van der Waals surface area contributed by atoms with E-state index in [9.17, 15) is 9.59 Å². The molecule has 2 saturated heterocycles. The van der Waals surface area contributed by atoms with Crippen molar-refractivity contribution in [2.75, 3.05) is 19.6 Å². The number of aryl methyl sites for hydroxylation is 2. The maximum absolute atomic E-state index is 13.3. The van der Waals surface area contributed by atoms with Crippen LogP contribution < -0.4 is 0 Å². The summed E-state index contributed by atoms with van der Waals surface area (Å²) < 4.78 is 1.97. The molecule has 0 N–H and O–H groups in total. The van der Waals surface area contributed by atoms with Crippen LogP contribution in [0.15, 0.2) is 30.5 Å². The summed E-state index contributed by atoms with van der Waals surface area (Å²) in [6.45, 7) is 6.32. The third-order valence-electron chi connectivity index (χ3n) is 6.88. The van der Waals surface area contributed by atoms with Crippen LogP contribution in [0.5, 0.6) is 0 Å². The number of benzene rings is 1. The van der Waals surface area contributed by atoms with E-state index in [1.165, 1.54) is 6.42 Å². The van der Waals surface area contributed by atoms with Crippen molar-refractivity contribution in [3.05, 3.63) is 53.4 Å². The van der Waals surface area contributed by atoms with Gasteiger partial charge in [0.15, 0.2) is 5.82 Å². The van der Waals surface area contributed by atoms with Crippen molar-refractivity contribution in [1.29, 1.82) is 0 Å². The number of nitrogens with zero attached hydrogens (tertiary/aromatic N) is 6. The van der Waals surface area contributed by atoms with E-state index in [0.717, 1.165) is 55.6 Å². The number of amides is 2. The highest BCUT2D eigenvalue weighted by molar-refractivity contribution is 5.95. The van der Waals surface area contributed by atoms with Crippen molar-refractivity contribution in [3.8, 4) is 0 Å². The molecule has 0 spiro atoms. The van der Waals surface area contributed by atoms with E-state index in [0.29, 0.717) is 23.6 Å². The number of para-hydroxylation sites is 2. The standard InChI is InChI=1S/C25H30N6O2/c1-17-19(25(33)29-12-6-3-7-13-29)15-26-24(27-17)22-11-8-14-30(22)23(32)16-31-18(2)28-20-9-4-5-10-21(20)31/h4-5,9-10,15,22H,3,6-8,11-14,16H2,1-2H3/t22-/m0/s1. The monoisotopic (exact) mass is 446 g/mol. The Kier molecular flexibility index (Phi) is 5.83. The fourth-order valence-corrected chi connectivity index (χ4v) is 5.08. The maximum Gasteiger partial charge on any atom is 0.257 e. The second-order valence-corrected chi connectivity index (χ2v) is 9.06. The highest BCUT2D eigenvalue weighted by atomic mass is 16.2. The summed E-state index contributed by atoms with van der Waals surface area (Å²) in [5.74, 6) is 1.51. The van der Waals surface area contributed by atoms with Gasteiger partial charge in [-0.05, 0) is 58.1 Å². The molecule has 8 nitrogen and oxygen atoms in total. The van der Waals surface area contributed by atoms with E-state index in [4.69, 9.17) is 4.98 Å². The molecule has 2 fully saturated rings. The minimum atomic E-state index is -0.162. The number of hydrogen-bond acceptors (Lipinski definition) is 5. The Bertz CT molecular complexity index is 1200. The minimum absolute atomic E-state index is 0.0144. The molecule has 172 valence electrons. The van der Waals surface area contributed by atoms with Crippen LogP contribution >= 0.6 is 0 Å². The molecule has 5 rings (SSSR count). The average Bonchev–Trinajstić information content (AvgIpc) is 3.44. The van der Waals surface area contributed by atoms with Crippen molar-refractivity contribution in [2.24, 2.45) is 0 Å². The Labute approximate surface area is 193 Å². The summed E-state index contributed by atoms with van der Waals surface area (Å²) >= 11 is 0. The summed E-state index contributed by atoms with van der Waals surface area (Å²) in [5, 5.41) is 0. The molecule has 2 aromatic heterocycles. The molecule has 2 aliphatic heterocycles. The SMILES string of the molecule is Cc1nc([C@@H]2CCCN2C(=O)Cn2c(C)nc3ccccc32)ncc1C(=O)N1CCCCC1. The molecule has 0 unspecified atom stereocenters. The van der Waals surface area contributed by atoms with E-state index in [1.54, 1.807) is 6.20 Å². The van der Waals surface area contributed by atoms with Gasteiger partial charge in [0.2, 0.25) is 5.91 Å². The number of fused-ring (bicyclic) bond motifs is 1. The van der Waals surface area contributed by atoms with Gasteiger partial charge in [0.1, 0.15) is 12.4 Å². The van der Waals surface area contributed by atoms with E-state index >= 15 is 0 Å². The minimum Gasteiger partial charge on any atom is -0.339 e. The smallest absolute Gasteiger partial charge is 0.257 e. The topological polar surface area (TPSA) is 84.2 Å². The number of carbonyl (C=O) groups excluding carboxylic acids is 2. The molecule has 1 atom stereocenters. The first-order chi connectivity index (χ1) is 16.0. The van der Waals surface area contributed by atoms with Gasteiger partial charge in [0, 0.05) is 25.8 Å². The molecule has 2 aliphatic rings. The lowest BCUT2D eigenvalue weighted by Crippen LogP contribution is -2.36. The number of imidazole rings is 1. The largest absolute Gasteiger partial charge is 0.339 e. The van der Waals surface area contributed by atoms with E-state index in [1.807, 2.05) is 52.5 Å². The van der Waals surface area contributed by atoms with Crippen LogP contribution in [0.1, 0.15) is 65.8 Å². The maximum atomic E-state index is 13.3. The zero-order chi connectivity index (χ0) is 22.9. The van der Waals surface area contributed by atoms with Gasteiger partial charge in [-0.25, -0.2) is 15.0 Å². The van der Waals surface area contributed by atoms with E-state index in [2.05, 4.69) is 9.97 Å². The third-order valence-corrected chi connectivity index (χ3v) is 6.88. The zero-order valence-electron chi connectivity index (χ0n) is 19.3. The number of carbonyl (C=O) groups is 2. The zero-order valence-corrected chi connectivity index (χ0v) is 19.3. The number of likely N-dealkylation sites (tertiary alicyclic amines) is 2. The Balaban J connectivity index is 1.35. The molecule has 2 amide bonds. The first-order valence-corrected chi connectivity index (χ1v) is 11.9. The summed E-state index contributed by atoms with van der Waals surface area (Å²) in [7, 11) is 0. The van der Waals surface area contributed by atoms with Gasteiger partial charge >= 0.3 is 0 Å². The fourth-order valence-electron chi connectivity index (χ4n) is 5.08. The second kappa shape index (κ2) is 8.92. The summed E-state index contributed by atoms with van der Waals surface area (Å²) in [5.41, 5.74) is 3.11. The predicted molar refractivity (Wildman–Crippen MR) is 125 cm³/mol. The van der Waals surface area contributed by atoms with Crippen LogP contribution in [0, 0.1) is 13.8 Å². The van der Waals surface area contributed by atoms with Gasteiger partial charge < -0.3 is 14.4 Å². The molecule has 3 aromatic rings. The number of hydrogen-bond donors (Lipinski definition) is 0. The van der Waals surface area contributed by atoms with Crippen LogP contribution in [-0.4, -0.2) is 60.8 Å². The Morgan fingerprint density at radius 2 is 1.79 bits per heavy atom. The number of aromatic nitrogens is 4. The van der Waals surface area contributed by atoms with E-state index in [-0.39, 0.29) is 24.4 Å². The first kappa shape index (κ1) is 21.6. The van der Waals surface area contributed by atoms with Gasteiger partial charge in [-0.15, -0.1) is 0 Å². The van der Waals surface area contributed by atoms with Crippen LogP contribution in [0.25, 0.3) is 11.0 Å². The molecule has 0 aliphatic carbocycles. The molecule has 0 saturated carbocycles. The van der Waals surface area contributed by atoms with Crippen LogP contribution in [0.4, 0.5) is 0 Å². The van der Waals surface area contributed by atoms with E-state index < -0.39 is 0 Å². The first-order valence-electron chi connectivity index (χ1n) is 11.9. The van der Waals surface area contributed by atoms with Gasteiger partial charge in [-0.3, -0.25) is 9.59 Å². The Morgan fingerprint density at radius 3 is 2.58 bits per heavy atom. The normalized spacial score (nSPS) is 18.8. The fraction of sp³-hybridized carbons (Fsp3) is 0.480. The van der Waals surface area contributed by atoms with Crippen molar-refractivity contribution in [2.45, 2.75) is 58.5 Å². The summed E-state index contributed by atoms with van der Waals surface area (Å²) in [6, 6.07) is 7.72. The molecule has 8 heteroatoms. The summed E-state index contributed by atoms with van der Waals surface area (Å²) in [4.78, 5) is 43.9. The Morgan fingerprint density at radius 1 is 1.00 bits per heavy atom. The lowest BCUT2D eigenvalue weighted by molar-refractivity contribution is -0.132. The van der Waals surface area contributed by atoms with Crippen molar-refractivity contribution in [3.63, 3.8) is 0 Å². The quantitative estimate of drug-likeness (QED) is 0.613. The third kappa shape index (κ3) is 4.10. The van der Waals surface area contributed by atoms with Crippen molar-refractivity contribution < 1.29 is 9.59 Å². The molecule has 4 heterocycles. The van der Waals surface area contributed by atoms with Gasteiger partial charge in [-0.1, -0.05) is 12.1 Å². The van der Waals surface area contributed by atoms with Crippen molar-refractivity contribution >= 4 is 22.8 Å². The van der Waals surface area contributed by atoms with Crippen LogP contribution in [0.2, 0.25) is 0 Å². The highest BCUT2D eigenvalue weighted by Crippen LogP contribution is 2.31. The lowest BCUT2D eigenvalue weighted by Gasteiger charge is -2.27. The molecule has 0 radical (unpaired) electrons. The van der Waals surface area contributed by atoms with Crippen LogP contribution in [0.3, 0.4) is 0 Å². The highest BCUT2D eigenvalue weighted by Gasteiger charge is 2.33. The predicted octanol–water partition coefficient (Wildman–Crippen LogP) is 3.43. The van der Waals surface area contributed by atoms with Crippen molar-refractivity contribution in [1.82, 2.24) is 29.3 Å². The molecule has 33 heavy (non-hydrogen) atoms. The van der Waals surface area contributed by atoms with Gasteiger partial charge in [0.25, 0.3) is 5.91 Å².